The molecule has 2 aromatic carbocycles. The summed E-state index contributed by atoms with van der Waals surface area (Å²) in [6.07, 6.45) is 7.76. The van der Waals surface area contributed by atoms with Crippen LogP contribution in [0.1, 0.15) is 61.8 Å². The van der Waals surface area contributed by atoms with Gasteiger partial charge in [0.15, 0.2) is 0 Å². The Morgan fingerprint density at radius 3 is 1.27 bits per heavy atom. The average Bonchev–Trinajstić information content (AvgIpc) is 3.13. The van der Waals surface area contributed by atoms with Crippen molar-refractivity contribution in [2.24, 2.45) is 0 Å². The molecule has 0 heterocycles. The molecule has 0 unspecified atom stereocenters. The molecule has 0 nitrogen and oxygen atoms in total. The standard InChI is InChI=1S/2C10H15.C2H7Si.2ClH.Zr/c2*1-3-4-7-10-8-5-6-9(10)2;1-3-2;;;/h2*5-6,8H,3-4,7H2,1-2H3;3H,1-2H3;2*1H;/q2*-1;;;;+4/p-2. The van der Waals surface area contributed by atoms with E-state index in [9.17, 15) is 0 Å². The second-order valence-corrected chi connectivity index (χ2v) is 7.41. The Morgan fingerprint density at radius 1 is 0.769 bits per heavy atom. The summed E-state index contributed by atoms with van der Waals surface area (Å²) in [7, 11) is 0.750. The molecule has 26 heavy (non-hydrogen) atoms. The van der Waals surface area contributed by atoms with E-state index in [-0.39, 0.29) is 51.0 Å². The van der Waals surface area contributed by atoms with Crippen LogP contribution in [0.25, 0.3) is 0 Å². The van der Waals surface area contributed by atoms with Gasteiger partial charge < -0.3 is 24.8 Å². The maximum Gasteiger partial charge on any atom is 4.00 e. The van der Waals surface area contributed by atoms with Gasteiger partial charge >= 0.3 is 26.2 Å². The van der Waals surface area contributed by atoms with Crippen LogP contribution in [0.5, 0.6) is 0 Å². The molecule has 2 rings (SSSR count). The molecule has 0 aromatic heterocycles. The molecule has 0 bridgehead atoms. The number of rotatable bonds is 6. The molecule has 0 N–H and O–H groups in total. The van der Waals surface area contributed by atoms with Crippen LogP contribution < -0.4 is 24.8 Å². The minimum atomic E-state index is 0. The second kappa shape index (κ2) is 23.4. The molecule has 0 saturated carbocycles. The number of hydrogen-bond acceptors (Lipinski definition) is 0. The minimum Gasteiger partial charge on any atom is -1.00 e. The molecular formula is C22H37Cl2SiZr. The van der Waals surface area contributed by atoms with Gasteiger partial charge in [0.25, 0.3) is 0 Å². The molecule has 1 radical (unpaired) electrons. The van der Waals surface area contributed by atoms with E-state index in [0.29, 0.717) is 0 Å². The fourth-order valence-corrected chi connectivity index (χ4v) is 2.39. The Labute approximate surface area is 197 Å². The number of halogens is 2. The van der Waals surface area contributed by atoms with E-state index in [1.54, 1.807) is 0 Å². The number of aryl methyl sites for hydroxylation is 4. The van der Waals surface area contributed by atoms with Crippen LogP contribution in [-0.4, -0.2) is 9.52 Å². The molecular weight excluding hydrogens is 454 g/mol. The fraction of sp³-hybridized carbons (Fsp3) is 0.545. The van der Waals surface area contributed by atoms with Crippen molar-refractivity contribution in [3.8, 4) is 0 Å². The van der Waals surface area contributed by atoms with E-state index >= 15 is 0 Å². The average molecular weight is 492 g/mol. The van der Waals surface area contributed by atoms with Crippen LogP contribution in [0, 0.1) is 13.8 Å². The molecule has 0 spiro atoms. The van der Waals surface area contributed by atoms with E-state index in [1.807, 2.05) is 0 Å². The Morgan fingerprint density at radius 2 is 1.08 bits per heavy atom. The quantitative estimate of drug-likeness (QED) is 0.411. The van der Waals surface area contributed by atoms with Crippen molar-refractivity contribution in [2.75, 3.05) is 0 Å². The van der Waals surface area contributed by atoms with Crippen molar-refractivity contribution in [3.63, 3.8) is 0 Å². The maximum atomic E-state index is 2.23. The summed E-state index contributed by atoms with van der Waals surface area (Å²) in [4.78, 5) is 0. The predicted octanol–water partition coefficient (Wildman–Crippen LogP) is 0.638. The van der Waals surface area contributed by atoms with Gasteiger partial charge in [-0.3, -0.25) is 0 Å². The zero-order valence-corrected chi connectivity index (χ0v) is 22.7. The normalized spacial score (nSPS) is 8.54. The summed E-state index contributed by atoms with van der Waals surface area (Å²) in [5.41, 5.74) is 5.96. The monoisotopic (exact) mass is 489 g/mol. The fourth-order valence-electron chi connectivity index (χ4n) is 2.39. The summed E-state index contributed by atoms with van der Waals surface area (Å²) >= 11 is 0. The van der Waals surface area contributed by atoms with Gasteiger partial charge in [-0.25, -0.2) is 12.1 Å². The molecule has 0 saturated heterocycles. The summed E-state index contributed by atoms with van der Waals surface area (Å²) in [6.45, 7) is 13.3. The maximum absolute atomic E-state index is 2.23. The third-order valence-electron chi connectivity index (χ3n) is 3.90. The summed E-state index contributed by atoms with van der Waals surface area (Å²) in [5, 5.41) is 0. The summed E-state index contributed by atoms with van der Waals surface area (Å²) < 4.78 is 0. The van der Waals surface area contributed by atoms with Gasteiger partial charge in [0, 0.05) is 9.52 Å². The predicted molar refractivity (Wildman–Crippen MR) is 110 cm³/mol. The van der Waals surface area contributed by atoms with Crippen LogP contribution in [0.3, 0.4) is 0 Å². The van der Waals surface area contributed by atoms with Crippen LogP contribution in [-0.2, 0) is 39.0 Å². The Bertz CT molecular complexity index is 448. The second-order valence-electron chi connectivity index (χ2n) is 6.25. The van der Waals surface area contributed by atoms with Crippen LogP contribution in [0.15, 0.2) is 36.4 Å². The van der Waals surface area contributed by atoms with Crippen molar-refractivity contribution in [2.45, 2.75) is 79.3 Å². The zero-order valence-electron chi connectivity index (χ0n) is 17.5. The first-order valence-electron chi connectivity index (χ1n) is 9.26. The van der Waals surface area contributed by atoms with Crippen LogP contribution in [0.2, 0.25) is 13.1 Å². The molecule has 4 heteroatoms. The van der Waals surface area contributed by atoms with Crippen molar-refractivity contribution < 1.29 is 51.0 Å². The SMILES string of the molecule is CCCCc1cc[cH-]c1C.CCCCc1cc[cH-]c1C.C[SiH]C.[Cl-].[Cl-].[Zr+4]. The van der Waals surface area contributed by atoms with Crippen molar-refractivity contribution in [1.82, 2.24) is 0 Å². The van der Waals surface area contributed by atoms with E-state index in [2.05, 4.69) is 77.2 Å². The largest absolute Gasteiger partial charge is 4.00 e. The van der Waals surface area contributed by atoms with Gasteiger partial charge in [-0.05, 0) is 0 Å². The molecule has 0 atom stereocenters. The van der Waals surface area contributed by atoms with Gasteiger partial charge in [-0.2, -0.15) is 46.5 Å². The van der Waals surface area contributed by atoms with Gasteiger partial charge in [0.05, 0.1) is 0 Å². The molecule has 0 amide bonds. The third kappa shape index (κ3) is 16.5. The van der Waals surface area contributed by atoms with E-state index < -0.39 is 0 Å². The first kappa shape index (κ1) is 33.9. The van der Waals surface area contributed by atoms with Gasteiger partial charge in [0.1, 0.15) is 0 Å². The van der Waals surface area contributed by atoms with Gasteiger partial charge in [0.2, 0.25) is 0 Å². The Balaban J connectivity index is -0.000000147. The topological polar surface area (TPSA) is 0 Å². The molecule has 0 fully saturated rings. The number of hydrogen-bond donors (Lipinski definition) is 0. The van der Waals surface area contributed by atoms with Crippen LogP contribution >= 0.6 is 0 Å². The molecule has 2 aromatic rings. The first-order chi connectivity index (χ1) is 11.1. The van der Waals surface area contributed by atoms with Gasteiger partial charge in [-0.1, -0.05) is 79.3 Å². The van der Waals surface area contributed by atoms with Crippen molar-refractivity contribution in [1.29, 1.82) is 0 Å². The Kier molecular flexibility index (Phi) is 30.6. The third-order valence-corrected chi connectivity index (χ3v) is 3.90. The minimum absolute atomic E-state index is 0. The first-order valence-corrected chi connectivity index (χ1v) is 11.6. The van der Waals surface area contributed by atoms with E-state index in [1.165, 1.54) is 60.8 Å². The smallest absolute Gasteiger partial charge is 1.00 e. The van der Waals surface area contributed by atoms with Crippen molar-refractivity contribution >= 4 is 9.52 Å². The van der Waals surface area contributed by atoms with Crippen LogP contribution in [0.4, 0.5) is 0 Å². The zero-order chi connectivity index (χ0) is 17.5. The molecule has 0 aliphatic carbocycles. The molecule has 0 aliphatic heterocycles. The number of unbranched alkanes of at least 4 members (excludes halogenated alkanes) is 2. The summed E-state index contributed by atoms with van der Waals surface area (Å²) in [5.74, 6) is 0. The Hall–Kier alpha value is 0.380. The molecule has 147 valence electrons. The van der Waals surface area contributed by atoms with E-state index in [4.69, 9.17) is 0 Å². The van der Waals surface area contributed by atoms with Crippen molar-refractivity contribution in [3.05, 3.63) is 58.7 Å². The van der Waals surface area contributed by atoms with Gasteiger partial charge in [-0.15, -0.1) is 0 Å². The van der Waals surface area contributed by atoms with E-state index in [0.717, 1.165) is 9.52 Å². The molecule has 0 aliphatic rings. The summed E-state index contributed by atoms with van der Waals surface area (Å²) in [6, 6.07) is 13.1.